The third-order valence-electron chi connectivity index (χ3n) is 4.13. The number of amides is 1. The Labute approximate surface area is 143 Å². The van der Waals surface area contributed by atoms with Crippen molar-refractivity contribution in [3.05, 3.63) is 33.1 Å². The van der Waals surface area contributed by atoms with Crippen LogP contribution in [-0.4, -0.2) is 16.4 Å². The van der Waals surface area contributed by atoms with E-state index in [0.717, 1.165) is 25.7 Å². The van der Waals surface area contributed by atoms with Gasteiger partial charge in [0.25, 0.3) is 5.91 Å². The molecule has 0 aromatic heterocycles. The number of nitrogens with two attached hydrogens (primary N) is 1. The lowest BCUT2D eigenvalue weighted by molar-refractivity contribution is 0.0899. The normalized spacial score (nSPS) is 25.4. The van der Waals surface area contributed by atoms with Crippen LogP contribution in [0.1, 0.15) is 43.0 Å². The molecule has 2 rings (SSSR count). The summed E-state index contributed by atoms with van der Waals surface area (Å²) in [5.41, 5.74) is 5.73. The molecule has 21 heavy (non-hydrogen) atoms. The van der Waals surface area contributed by atoms with Crippen LogP contribution in [0.3, 0.4) is 0 Å². The molecule has 0 aliphatic heterocycles. The lowest BCUT2D eigenvalue weighted by atomic mass is 9.77. The van der Waals surface area contributed by atoms with E-state index >= 15 is 0 Å². The number of hydrogen-bond donors (Lipinski definition) is 2. The van der Waals surface area contributed by atoms with Crippen molar-refractivity contribution < 1.29 is 9.18 Å². The number of halogens is 2. The van der Waals surface area contributed by atoms with Crippen molar-refractivity contribution in [1.82, 2.24) is 5.32 Å². The molecule has 1 amide bonds. The summed E-state index contributed by atoms with van der Waals surface area (Å²) in [7, 11) is 0. The van der Waals surface area contributed by atoms with Crippen LogP contribution in [-0.2, 0) is 0 Å². The molecule has 1 aliphatic rings. The average molecular weight is 420 g/mol. The summed E-state index contributed by atoms with van der Waals surface area (Å²) in [5, 5.41) is 3.00. The van der Waals surface area contributed by atoms with Gasteiger partial charge in [-0.05, 0) is 72.4 Å². The molecule has 1 aromatic carbocycles. The topological polar surface area (TPSA) is 55.1 Å². The predicted molar refractivity (Wildman–Crippen MR) is 93.7 cm³/mol. The summed E-state index contributed by atoms with van der Waals surface area (Å²) in [5.74, 6) is 0.0172. The summed E-state index contributed by atoms with van der Waals surface area (Å²) >= 11 is 7.15. The summed E-state index contributed by atoms with van der Waals surface area (Å²) in [6, 6.07) is 4.12. The maximum absolute atomic E-state index is 13.1. The van der Waals surface area contributed by atoms with E-state index in [2.05, 4.69) is 12.2 Å². The van der Waals surface area contributed by atoms with Crippen molar-refractivity contribution in [1.29, 1.82) is 0 Å². The number of benzene rings is 1. The molecular formula is C15H18FIN2OS. The van der Waals surface area contributed by atoms with Crippen LogP contribution in [0.5, 0.6) is 0 Å². The summed E-state index contributed by atoms with van der Waals surface area (Å²) in [6.45, 7) is 2.19. The van der Waals surface area contributed by atoms with Gasteiger partial charge in [0, 0.05) is 3.57 Å². The molecule has 6 heteroatoms. The van der Waals surface area contributed by atoms with E-state index in [4.69, 9.17) is 18.0 Å². The van der Waals surface area contributed by atoms with E-state index in [1.165, 1.54) is 18.2 Å². The molecule has 0 radical (unpaired) electrons. The largest absolute Gasteiger partial charge is 0.391 e. The number of nitrogens with one attached hydrogen (secondary N) is 1. The maximum Gasteiger partial charge on any atom is 0.253 e. The monoisotopic (exact) mass is 420 g/mol. The Hall–Kier alpha value is -0.760. The minimum atomic E-state index is -0.615. The molecule has 114 valence electrons. The van der Waals surface area contributed by atoms with Gasteiger partial charge in [0.2, 0.25) is 0 Å². The molecule has 0 atom stereocenters. The van der Waals surface area contributed by atoms with Crippen molar-refractivity contribution in [3.63, 3.8) is 0 Å². The number of hydrogen-bond acceptors (Lipinski definition) is 2. The van der Waals surface area contributed by atoms with Gasteiger partial charge in [0.1, 0.15) is 5.82 Å². The van der Waals surface area contributed by atoms with Crippen LogP contribution in [0.25, 0.3) is 0 Å². The first-order valence-electron chi connectivity index (χ1n) is 6.91. The Bertz CT molecular complexity index is 571. The molecule has 0 spiro atoms. The van der Waals surface area contributed by atoms with Crippen molar-refractivity contribution in [3.8, 4) is 0 Å². The number of carbonyl (C=O) groups excluding carboxylic acids is 1. The fourth-order valence-electron chi connectivity index (χ4n) is 2.65. The van der Waals surface area contributed by atoms with Gasteiger partial charge in [0.05, 0.1) is 16.1 Å². The number of rotatable bonds is 3. The third kappa shape index (κ3) is 3.71. The van der Waals surface area contributed by atoms with E-state index < -0.39 is 5.54 Å². The molecule has 0 bridgehead atoms. The Morgan fingerprint density at radius 2 is 2.10 bits per heavy atom. The van der Waals surface area contributed by atoms with Crippen LogP contribution in [0.4, 0.5) is 4.39 Å². The van der Waals surface area contributed by atoms with Crippen molar-refractivity contribution in [2.45, 2.75) is 38.1 Å². The predicted octanol–water partition coefficient (Wildman–Crippen LogP) is 3.40. The van der Waals surface area contributed by atoms with Crippen LogP contribution in [0.15, 0.2) is 18.2 Å². The zero-order valence-corrected chi connectivity index (χ0v) is 14.8. The first-order valence-corrected chi connectivity index (χ1v) is 8.40. The van der Waals surface area contributed by atoms with Gasteiger partial charge in [-0.25, -0.2) is 4.39 Å². The highest BCUT2D eigenvalue weighted by Gasteiger charge is 2.38. The van der Waals surface area contributed by atoms with E-state index in [0.29, 0.717) is 20.0 Å². The Morgan fingerprint density at radius 1 is 1.48 bits per heavy atom. The van der Waals surface area contributed by atoms with Crippen LogP contribution < -0.4 is 11.1 Å². The first-order chi connectivity index (χ1) is 9.84. The van der Waals surface area contributed by atoms with Gasteiger partial charge in [-0.15, -0.1) is 0 Å². The van der Waals surface area contributed by atoms with E-state index in [-0.39, 0.29) is 11.7 Å². The summed E-state index contributed by atoms with van der Waals surface area (Å²) in [6.07, 6.45) is 3.48. The molecule has 0 saturated heterocycles. The van der Waals surface area contributed by atoms with Gasteiger partial charge >= 0.3 is 0 Å². The van der Waals surface area contributed by atoms with E-state index in [1.54, 1.807) is 0 Å². The minimum absolute atomic E-state index is 0.248. The molecule has 3 N–H and O–H groups in total. The Kier molecular flexibility index (Phi) is 5.19. The van der Waals surface area contributed by atoms with Gasteiger partial charge < -0.3 is 11.1 Å². The second-order valence-corrected chi connectivity index (χ2v) is 7.31. The molecule has 0 heterocycles. The lowest BCUT2D eigenvalue weighted by Crippen LogP contribution is -2.58. The van der Waals surface area contributed by atoms with Crippen LogP contribution in [0.2, 0.25) is 0 Å². The van der Waals surface area contributed by atoms with E-state index in [9.17, 15) is 9.18 Å². The molecule has 1 saturated carbocycles. The van der Waals surface area contributed by atoms with Crippen LogP contribution in [0, 0.1) is 15.3 Å². The van der Waals surface area contributed by atoms with Crippen molar-refractivity contribution in [2.75, 3.05) is 0 Å². The standard InChI is InChI=1S/C15H18FIN2OS/c1-9-4-6-15(7-5-9,14(18)21)19-13(20)11-3-2-10(16)8-12(11)17/h2-3,8-9H,4-7H2,1H3,(H2,18,21)(H,19,20). The SMILES string of the molecule is CC1CCC(NC(=O)c2ccc(F)cc2I)(C(N)=S)CC1. The highest BCUT2D eigenvalue weighted by atomic mass is 127. The van der Waals surface area contributed by atoms with Gasteiger partial charge in [-0.1, -0.05) is 19.1 Å². The average Bonchev–Trinajstić information content (AvgIpc) is 2.41. The van der Waals surface area contributed by atoms with Crippen LogP contribution >= 0.6 is 34.8 Å². The summed E-state index contributed by atoms with van der Waals surface area (Å²) in [4.78, 5) is 12.8. The molecular weight excluding hydrogens is 402 g/mol. The van der Waals surface area contributed by atoms with Gasteiger partial charge in [-0.3, -0.25) is 4.79 Å². The highest BCUT2D eigenvalue weighted by Crippen LogP contribution is 2.32. The number of carbonyl (C=O) groups is 1. The Balaban J connectivity index is 2.21. The third-order valence-corrected chi connectivity index (χ3v) is 5.41. The number of thiocarbonyl (C=S) groups is 1. The highest BCUT2D eigenvalue weighted by molar-refractivity contribution is 14.1. The Morgan fingerprint density at radius 3 is 2.62 bits per heavy atom. The van der Waals surface area contributed by atoms with Gasteiger partial charge in [0.15, 0.2) is 0 Å². The van der Waals surface area contributed by atoms with Gasteiger partial charge in [-0.2, -0.15) is 0 Å². The first kappa shape index (κ1) is 16.6. The fraction of sp³-hybridized carbons (Fsp3) is 0.467. The van der Waals surface area contributed by atoms with Crippen molar-refractivity contribution in [2.24, 2.45) is 11.7 Å². The minimum Gasteiger partial charge on any atom is -0.391 e. The van der Waals surface area contributed by atoms with Crippen molar-refractivity contribution >= 4 is 45.7 Å². The zero-order chi connectivity index (χ0) is 15.6. The fourth-order valence-corrected chi connectivity index (χ4v) is 3.62. The molecule has 1 fully saturated rings. The molecule has 1 aliphatic carbocycles. The molecule has 0 unspecified atom stereocenters. The maximum atomic E-state index is 13.1. The summed E-state index contributed by atoms with van der Waals surface area (Å²) < 4.78 is 13.7. The van der Waals surface area contributed by atoms with E-state index in [1.807, 2.05) is 22.6 Å². The quantitative estimate of drug-likeness (QED) is 0.582. The smallest absolute Gasteiger partial charge is 0.253 e. The second-order valence-electron chi connectivity index (χ2n) is 5.71. The second kappa shape index (κ2) is 6.56. The molecule has 3 nitrogen and oxygen atoms in total. The molecule has 1 aromatic rings. The zero-order valence-electron chi connectivity index (χ0n) is 11.8. The lowest BCUT2D eigenvalue weighted by Gasteiger charge is -2.39.